The number of nitrogens with zero attached hydrogens (tertiary/aromatic N) is 1. The third-order valence-corrected chi connectivity index (χ3v) is 3.89. The van der Waals surface area contributed by atoms with Crippen LogP contribution in [-0.2, 0) is 47.7 Å². The molecular weight excluding hydrogens is 404 g/mol. The van der Waals surface area contributed by atoms with E-state index in [9.17, 15) is 29.2 Å². The van der Waals surface area contributed by atoms with E-state index < -0.39 is 66.5 Å². The van der Waals surface area contributed by atoms with Crippen LogP contribution in [0.4, 0.5) is 0 Å². The lowest BCUT2D eigenvalue weighted by Crippen LogP contribution is -2.72. The molecule has 0 bridgehead atoms. The molecule has 1 heterocycles. The summed E-state index contributed by atoms with van der Waals surface area (Å²) in [7, 11) is 0. The molecule has 0 spiro atoms. The Morgan fingerprint density at radius 2 is 1.47 bits per heavy atom. The molecule has 1 aliphatic heterocycles. The minimum atomic E-state index is -2.32. The first-order chi connectivity index (χ1) is 14.0. The number of ether oxygens (including phenoxy) is 5. The van der Waals surface area contributed by atoms with Gasteiger partial charge in [-0.1, -0.05) is 6.92 Å². The van der Waals surface area contributed by atoms with Crippen LogP contribution in [0.3, 0.4) is 0 Å². The Bertz CT molecular complexity index is 746. The van der Waals surface area contributed by atoms with Gasteiger partial charge in [0.25, 0.3) is 5.72 Å². The monoisotopic (exact) mass is 428 g/mol. The Kier molecular flexibility index (Phi) is 8.73. The molecule has 0 unspecified atom stereocenters. The minimum Gasteiger partial charge on any atom is -0.463 e. The number of carbonyl (C=O) groups excluding carboxylic acids is 5. The summed E-state index contributed by atoms with van der Waals surface area (Å²) in [6.07, 6.45) is -6.07. The zero-order chi connectivity index (χ0) is 23.1. The van der Waals surface area contributed by atoms with Gasteiger partial charge < -0.3 is 29.0 Å². The van der Waals surface area contributed by atoms with Crippen molar-refractivity contribution in [2.45, 2.75) is 71.2 Å². The van der Waals surface area contributed by atoms with Crippen molar-refractivity contribution < 1.29 is 47.7 Å². The molecule has 0 aromatic rings. The van der Waals surface area contributed by atoms with Gasteiger partial charge in [-0.15, -0.1) is 0 Å². The van der Waals surface area contributed by atoms with Crippen LogP contribution in [0.5, 0.6) is 0 Å². The Balaban J connectivity index is 3.58. The third kappa shape index (κ3) is 6.41. The smallest absolute Gasteiger partial charge is 0.303 e. The highest BCUT2D eigenvalue weighted by atomic mass is 16.7. The van der Waals surface area contributed by atoms with Crippen molar-refractivity contribution >= 4 is 29.8 Å². The van der Waals surface area contributed by atoms with E-state index in [-0.39, 0.29) is 6.42 Å². The van der Waals surface area contributed by atoms with Crippen molar-refractivity contribution in [3.63, 3.8) is 0 Å². The average Bonchev–Trinajstić information content (AvgIpc) is 2.63. The predicted molar refractivity (Wildman–Crippen MR) is 94.9 cm³/mol. The van der Waals surface area contributed by atoms with E-state index in [4.69, 9.17) is 23.7 Å². The van der Waals surface area contributed by atoms with Gasteiger partial charge in [-0.3, -0.25) is 24.0 Å². The van der Waals surface area contributed by atoms with E-state index in [0.717, 1.165) is 27.7 Å². The molecule has 12 heteroatoms. The lowest BCUT2D eigenvalue weighted by atomic mass is 9.90. The first-order valence-electron chi connectivity index (χ1n) is 9.00. The number of nitrogens with one attached hydrogen (secondary N) is 1. The Hall–Kier alpha value is -3.20. The molecule has 1 N–H and O–H groups in total. The SMILES string of the molecule is CCC(=O)N[C@@]1(C#N)O[C@H](COC(C)=O)[C@H](OC(C)=O)[C@H](OC(C)=O)[C@H]1OC(C)=O. The van der Waals surface area contributed by atoms with Crippen LogP contribution in [0.2, 0.25) is 0 Å². The maximum Gasteiger partial charge on any atom is 0.303 e. The number of esters is 4. The van der Waals surface area contributed by atoms with Gasteiger partial charge in [0.2, 0.25) is 12.0 Å². The molecule has 0 radical (unpaired) electrons. The molecule has 12 nitrogen and oxygen atoms in total. The van der Waals surface area contributed by atoms with Crippen molar-refractivity contribution in [1.29, 1.82) is 5.26 Å². The largest absolute Gasteiger partial charge is 0.463 e. The summed E-state index contributed by atoms with van der Waals surface area (Å²) in [5.41, 5.74) is -2.32. The summed E-state index contributed by atoms with van der Waals surface area (Å²) in [5, 5.41) is 12.2. The highest BCUT2D eigenvalue weighted by Gasteiger charge is 2.61. The summed E-state index contributed by atoms with van der Waals surface area (Å²) in [5.74, 6) is -3.89. The van der Waals surface area contributed by atoms with E-state index in [2.05, 4.69) is 5.32 Å². The number of hydrogen-bond donors (Lipinski definition) is 1. The van der Waals surface area contributed by atoms with Gasteiger partial charge in [0.05, 0.1) is 0 Å². The Labute approximate surface area is 172 Å². The number of carbonyl (C=O) groups is 5. The molecule has 0 saturated carbocycles. The Morgan fingerprint density at radius 3 is 1.90 bits per heavy atom. The van der Waals surface area contributed by atoms with Gasteiger partial charge in [-0.2, -0.15) is 5.26 Å². The van der Waals surface area contributed by atoms with Crippen molar-refractivity contribution in [3.8, 4) is 6.07 Å². The van der Waals surface area contributed by atoms with Crippen LogP contribution in [0.25, 0.3) is 0 Å². The standard InChI is InChI=1S/C18H24N2O10/c1-6-14(25)20-18(8-19)17(29-12(5)24)16(28-11(4)23)15(27-10(3)22)13(30-18)7-26-9(2)21/h13,15-17H,6-7H2,1-5H3,(H,20,25)/t13-,15+,16+,17-,18+/m1/s1. The average molecular weight is 428 g/mol. The fourth-order valence-electron chi connectivity index (χ4n) is 2.81. The van der Waals surface area contributed by atoms with Crippen molar-refractivity contribution in [2.24, 2.45) is 0 Å². The second-order valence-electron chi connectivity index (χ2n) is 6.39. The number of rotatable bonds is 7. The fraction of sp³-hybridized carbons (Fsp3) is 0.667. The highest BCUT2D eigenvalue weighted by Crippen LogP contribution is 2.34. The molecule has 0 aromatic heterocycles. The van der Waals surface area contributed by atoms with Gasteiger partial charge in [-0.05, 0) is 0 Å². The number of hydrogen-bond acceptors (Lipinski definition) is 11. The molecule has 1 amide bonds. The van der Waals surface area contributed by atoms with Crippen molar-refractivity contribution in [1.82, 2.24) is 5.32 Å². The van der Waals surface area contributed by atoms with Gasteiger partial charge in [0.15, 0.2) is 12.2 Å². The zero-order valence-corrected chi connectivity index (χ0v) is 17.3. The number of nitriles is 1. The van der Waals surface area contributed by atoms with E-state index in [1.807, 2.05) is 0 Å². The molecular formula is C18H24N2O10. The molecule has 30 heavy (non-hydrogen) atoms. The normalized spacial score (nSPS) is 27.7. The second kappa shape index (κ2) is 10.5. The van der Waals surface area contributed by atoms with Crippen molar-refractivity contribution in [2.75, 3.05) is 6.61 Å². The first-order valence-corrected chi connectivity index (χ1v) is 9.00. The van der Waals surface area contributed by atoms with Crippen LogP contribution in [0.1, 0.15) is 41.0 Å². The summed E-state index contributed by atoms with van der Waals surface area (Å²) >= 11 is 0. The quantitative estimate of drug-likeness (QED) is 0.409. The van der Waals surface area contributed by atoms with Crippen LogP contribution in [0.15, 0.2) is 0 Å². The summed E-state index contributed by atoms with van der Waals surface area (Å²) in [6.45, 7) is 5.25. The molecule has 1 saturated heterocycles. The minimum absolute atomic E-state index is 0.0558. The maximum atomic E-state index is 12.1. The number of amides is 1. The van der Waals surface area contributed by atoms with Gasteiger partial charge in [0.1, 0.15) is 18.8 Å². The van der Waals surface area contributed by atoms with E-state index >= 15 is 0 Å². The van der Waals surface area contributed by atoms with Gasteiger partial charge in [0, 0.05) is 34.1 Å². The predicted octanol–water partition coefficient (Wildman–Crippen LogP) is -0.511. The van der Waals surface area contributed by atoms with Crippen molar-refractivity contribution in [3.05, 3.63) is 0 Å². The van der Waals surface area contributed by atoms with E-state index in [1.165, 1.54) is 6.92 Å². The van der Waals surface area contributed by atoms with Crippen LogP contribution < -0.4 is 5.32 Å². The molecule has 1 aliphatic rings. The lowest BCUT2D eigenvalue weighted by molar-refractivity contribution is -0.277. The molecule has 0 aliphatic carbocycles. The molecule has 1 rings (SSSR count). The Morgan fingerprint density at radius 1 is 0.933 bits per heavy atom. The summed E-state index contributed by atoms with van der Waals surface area (Å²) in [4.78, 5) is 58.4. The fourth-order valence-corrected chi connectivity index (χ4v) is 2.81. The summed E-state index contributed by atoms with van der Waals surface area (Å²) in [6, 6.07) is 1.73. The van der Waals surface area contributed by atoms with E-state index in [0.29, 0.717) is 0 Å². The lowest BCUT2D eigenvalue weighted by Gasteiger charge is -2.48. The van der Waals surface area contributed by atoms with Crippen LogP contribution in [0, 0.1) is 11.3 Å². The van der Waals surface area contributed by atoms with Crippen LogP contribution >= 0.6 is 0 Å². The summed E-state index contributed by atoms with van der Waals surface area (Å²) < 4.78 is 26.1. The third-order valence-electron chi connectivity index (χ3n) is 3.89. The second-order valence-corrected chi connectivity index (χ2v) is 6.39. The highest BCUT2D eigenvalue weighted by molar-refractivity contribution is 5.77. The van der Waals surface area contributed by atoms with Gasteiger partial charge >= 0.3 is 23.9 Å². The zero-order valence-electron chi connectivity index (χ0n) is 17.3. The molecule has 1 fully saturated rings. The molecule has 0 aromatic carbocycles. The van der Waals surface area contributed by atoms with Gasteiger partial charge in [-0.25, -0.2) is 0 Å². The van der Waals surface area contributed by atoms with Crippen LogP contribution in [-0.4, -0.2) is 66.5 Å². The molecule has 5 atom stereocenters. The first kappa shape index (κ1) is 24.8. The van der Waals surface area contributed by atoms with E-state index in [1.54, 1.807) is 6.07 Å². The molecule has 166 valence electrons. The topological polar surface area (TPSA) is 167 Å². The maximum absolute atomic E-state index is 12.1.